The molecule has 0 aromatic carbocycles. The van der Waals surface area contributed by atoms with Crippen molar-refractivity contribution in [1.82, 2.24) is 0 Å². The number of hydrogen-bond donors (Lipinski definition) is 0. The highest BCUT2D eigenvalue weighted by molar-refractivity contribution is 4.71. The lowest BCUT2D eigenvalue weighted by Crippen LogP contribution is -1.86. The highest BCUT2D eigenvalue weighted by Crippen LogP contribution is 2.02. The molecule has 0 fully saturated rings. The summed E-state index contributed by atoms with van der Waals surface area (Å²) in [5, 5.41) is 0. The zero-order chi connectivity index (χ0) is 6.41. The second kappa shape index (κ2) is 4.68. The average Bonchev–Trinajstić information content (AvgIpc) is 1.66. The first kappa shape index (κ1) is 7.53. The zero-order valence-electron chi connectivity index (χ0n) is 4.28. The van der Waals surface area contributed by atoms with Crippen molar-refractivity contribution < 1.29 is 13.2 Å². The van der Waals surface area contributed by atoms with Gasteiger partial charge in [-0.3, -0.25) is 0 Å². The summed E-state index contributed by atoms with van der Waals surface area (Å²) < 4.78 is 33.4. The van der Waals surface area contributed by atoms with Gasteiger partial charge in [-0.25, -0.2) is 13.2 Å². The largest absolute Gasteiger partial charge is 0.238 e. The van der Waals surface area contributed by atoms with E-state index in [0.29, 0.717) is 0 Å². The van der Waals surface area contributed by atoms with Crippen molar-refractivity contribution in [2.24, 2.45) is 0 Å². The number of allylic oxidation sites excluding steroid dienone is 1. The summed E-state index contributed by atoms with van der Waals surface area (Å²) in [4.78, 5) is 0. The third-order valence-corrected chi connectivity index (χ3v) is 0.641. The first-order chi connectivity index (χ1) is 3.77. The van der Waals surface area contributed by atoms with Crippen molar-refractivity contribution in [2.45, 2.75) is 19.3 Å². The normalized spacial score (nSPS) is 11.5. The molecule has 0 rings (SSSR count). The molecular weight excluding hydrogens is 117 g/mol. The van der Waals surface area contributed by atoms with Crippen molar-refractivity contribution in [3.05, 3.63) is 12.4 Å². The van der Waals surface area contributed by atoms with Crippen molar-refractivity contribution in [1.29, 1.82) is 0 Å². The Balaban J connectivity index is 2.93. The van der Waals surface area contributed by atoms with Gasteiger partial charge in [-0.05, 0) is 6.42 Å². The molecule has 0 aromatic rings. The van der Waals surface area contributed by atoms with Crippen LogP contribution in [0.4, 0.5) is 13.2 Å². The Hall–Kier alpha value is -0.470. The Morgan fingerprint density at radius 1 is 1.38 bits per heavy atom. The molecule has 0 aliphatic carbocycles. The van der Waals surface area contributed by atoms with Crippen LogP contribution in [-0.4, -0.2) is 6.43 Å². The third kappa shape index (κ3) is 5.53. The third-order valence-electron chi connectivity index (χ3n) is 0.641. The van der Waals surface area contributed by atoms with E-state index in [-0.39, 0.29) is 19.2 Å². The molecule has 0 atom stereocenters. The monoisotopic (exact) mass is 124 g/mol. The van der Waals surface area contributed by atoms with Crippen LogP contribution in [0.5, 0.6) is 0 Å². The number of alkyl halides is 2. The summed E-state index contributed by atoms with van der Waals surface area (Å²) in [5.74, 6) is 0. The van der Waals surface area contributed by atoms with Crippen LogP contribution in [0.1, 0.15) is 12.8 Å². The SMILES string of the molecule is F/C=C/CCC(F)F. The predicted octanol–water partition coefficient (Wildman–Crippen LogP) is 2.51. The Kier molecular flexibility index (Phi) is 4.41. The molecule has 48 valence electrons. The topological polar surface area (TPSA) is 0 Å². The lowest BCUT2D eigenvalue weighted by Gasteiger charge is -1.89. The standard InChI is InChI=1S/C5H7F3/c6-4-2-1-3-5(7)8/h2,4-5H,1,3H2/b4-2+. The van der Waals surface area contributed by atoms with E-state index in [9.17, 15) is 13.2 Å². The maximum atomic E-state index is 11.2. The molecule has 0 amide bonds. The van der Waals surface area contributed by atoms with E-state index < -0.39 is 6.43 Å². The van der Waals surface area contributed by atoms with Crippen molar-refractivity contribution in [3.63, 3.8) is 0 Å². The maximum Gasteiger partial charge on any atom is 0.238 e. The zero-order valence-corrected chi connectivity index (χ0v) is 4.28. The molecule has 0 spiro atoms. The van der Waals surface area contributed by atoms with Crippen LogP contribution in [0, 0.1) is 0 Å². The van der Waals surface area contributed by atoms with Crippen LogP contribution in [-0.2, 0) is 0 Å². The van der Waals surface area contributed by atoms with E-state index in [0.717, 1.165) is 6.08 Å². The molecule has 0 saturated heterocycles. The summed E-state index contributed by atoms with van der Waals surface area (Å²) in [6, 6.07) is 0. The molecule has 0 aliphatic heterocycles. The molecule has 0 radical (unpaired) electrons. The molecule has 3 heteroatoms. The molecule has 0 bridgehead atoms. The number of halogens is 3. The molecule has 0 N–H and O–H groups in total. The molecular formula is C5H7F3. The highest BCUT2D eigenvalue weighted by Gasteiger charge is 1.97. The Bertz CT molecular complexity index is 68.1. The predicted molar refractivity (Wildman–Crippen MR) is 25.5 cm³/mol. The first-order valence-electron chi connectivity index (χ1n) is 2.30. The second-order valence-corrected chi connectivity index (χ2v) is 1.33. The average molecular weight is 124 g/mol. The van der Waals surface area contributed by atoms with Crippen LogP contribution in [0.3, 0.4) is 0 Å². The van der Waals surface area contributed by atoms with Gasteiger partial charge in [0.15, 0.2) is 0 Å². The van der Waals surface area contributed by atoms with Gasteiger partial charge in [-0.1, -0.05) is 6.08 Å². The quantitative estimate of drug-likeness (QED) is 0.542. The Morgan fingerprint density at radius 2 is 2.00 bits per heavy atom. The van der Waals surface area contributed by atoms with Gasteiger partial charge in [-0.2, -0.15) is 0 Å². The van der Waals surface area contributed by atoms with Crippen molar-refractivity contribution in [3.8, 4) is 0 Å². The molecule has 0 unspecified atom stereocenters. The lowest BCUT2D eigenvalue weighted by atomic mass is 10.3. The maximum absolute atomic E-state index is 11.2. The van der Waals surface area contributed by atoms with Gasteiger partial charge < -0.3 is 0 Å². The van der Waals surface area contributed by atoms with Crippen LogP contribution < -0.4 is 0 Å². The smallest absolute Gasteiger partial charge is 0.216 e. The summed E-state index contributed by atoms with van der Waals surface area (Å²) in [5.41, 5.74) is 0. The van der Waals surface area contributed by atoms with Gasteiger partial charge in [0.05, 0.1) is 6.33 Å². The molecule has 0 saturated carbocycles. The van der Waals surface area contributed by atoms with E-state index in [2.05, 4.69) is 0 Å². The minimum atomic E-state index is -2.31. The van der Waals surface area contributed by atoms with Gasteiger partial charge in [0, 0.05) is 6.42 Å². The van der Waals surface area contributed by atoms with Gasteiger partial charge in [-0.15, -0.1) is 0 Å². The van der Waals surface area contributed by atoms with Gasteiger partial charge in [0.1, 0.15) is 0 Å². The van der Waals surface area contributed by atoms with Crippen molar-refractivity contribution in [2.75, 3.05) is 0 Å². The second-order valence-electron chi connectivity index (χ2n) is 1.33. The molecule has 0 nitrogen and oxygen atoms in total. The lowest BCUT2D eigenvalue weighted by molar-refractivity contribution is 0.139. The first-order valence-corrected chi connectivity index (χ1v) is 2.30. The van der Waals surface area contributed by atoms with E-state index in [1.54, 1.807) is 0 Å². The fourth-order valence-electron chi connectivity index (χ4n) is 0.285. The minimum Gasteiger partial charge on any atom is -0.216 e. The van der Waals surface area contributed by atoms with E-state index in [1.165, 1.54) is 0 Å². The minimum absolute atomic E-state index is 0.119. The number of hydrogen-bond acceptors (Lipinski definition) is 0. The summed E-state index contributed by atoms with van der Waals surface area (Å²) in [6.07, 6.45) is -1.09. The summed E-state index contributed by atoms with van der Waals surface area (Å²) in [7, 11) is 0. The fourth-order valence-corrected chi connectivity index (χ4v) is 0.285. The van der Waals surface area contributed by atoms with Crippen molar-refractivity contribution >= 4 is 0 Å². The van der Waals surface area contributed by atoms with E-state index in [1.807, 2.05) is 0 Å². The highest BCUT2D eigenvalue weighted by atomic mass is 19.3. The summed E-state index contributed by atoms with van der Waals surface area (Å²) >= 11 is 0. The van der Waals surface area contributed by atoms with Crippen LogP contribution in [0.15, 0.2) is 12.4 Å². The number of rotatable bonds is 3. The van der Waals surface area contributed by atoms with Crippen LogP contribution >= 0.6 is 0 Å². The van der Waals surface area contributed by atoms with Crippen LogP contribution in [0.25, 0.3) is 0 Å². The van der Waals surface area contributed by atoms with E-state index >= 15 is 0 Å². The van der Waals surface area contributed by atoms with Gasteiger partial charge in [0.25, 0.3) is 0 Å². The van der Waals surface area contributed by atoms with Gasteiger partial charge >= 0.3 is 0 Å². The fraction of sp³-hybridized carbons (Fsp3) is 0.600. The molecule has 8 heavy (non-hydrogen) atoms. The van der Waals surface area contributed by atoms with Gasteiger partial charge in [0.2, 0.25) is 6.43 Å². The van der Waals surface area contributed by atoms with E-state index in [4.69, 9.17) is 0 Å². The Morgan fingerprint density at radius 3 is 2.38 bits per heavy atom. The molecule has 0 heterocycles. The Labute approximate surface area is 46.0 Å². The summed E-state index contributed by atoms with van der Waals surface area (Å²) in [6.45, 7) is 0. The molecule has 0 aromatic heterocycles. The molecule has 0 aliphatic rings. The van der Waals surface area contributed by atoms with Crippen LogP contribution in [0.2, 0.25) is 0 Å².